The highest BCUT2D eigenvalue weighted by Gasteiger charge is 2.22. The van der Waals surface area contributed by atoms with Crippen LogP contribution >= 0.6 is 11.5 Å². The van der Waals surface area contributed by atoms with E-state index in [-0.39, 0.29) is 0 Å². The van der Waals surface area contributed by atoms with Crippen molar-refractivity contribution in [1.82, 2.24) is 8.94 Å². The maximum Gasteiger partial charge on any atom is 0.343 e. The number of rotatable bonds is 7. The molecular weight excluding hydrogens is 414 g/mol. The van der Waals surface area contributed by atoms with Crippen LogP contribution < -0.4 is 10.6 Å². The number of aryl methyl sites for hydroxylation is 1. The first-order chi connectivity index (χ1) is 14.9. The molecule has 0 aliphatic rings. The number of nitrogens with zero attached hydrogens (tertiary/aromatic N) is 3. The molecule has 1 aromatic carbocycles. The predicted octanol–water partition coefficient (Wildman–Crippen LogP) is 3.63. The van der Waals surface area contributed by atoms with Crippen LogP contribution in [0.1, 0.15) is 38.4 Å². The van der Waals surface area contributed by atoms with E-state index < -0.39 is 18.5 Å². The predicted molar refractivity (Wildman–Crippen MR) is 119 cm³/mol. The van der Waals surface area contributed by atoms with Crippen molar-refractivity contribution in [2.75, 3.05) is 24.3 Å². The minimum Gasteiger partial charge on any atom is -0.452 e. The van der Waals surface area contributed by atoms with Crippen molar-refractivity contribution < 1.29 is 14.3 Å². The Labute approximate surface area is 184 Å². The van der Waals surface area contributed by atoms with Crippen LogP contribution in [0.25, 0.3) is 0 Å². The van der Waals surface area contributed by atoms with Gasteiger partial charge in [-0.1, -0.05) is 30.3 Å². The number of amides is 1. The highest BCUT2D eigenvalue weighted by atomic mass is 32.1. The van der Waals surface area contributed by atoms with Crippen molar-refractivity contribution in [2.45, 2.75) is 27.3 Å². The van der Waals surface area contributed by atoms with Gasteiger partial charge in [-0.15, -0.1) is 0 Å². The molecule has 3 rings (SSSR count). The Kier molecular flexibility index (Phi) is 6.72. The Bertz CT molecular complexity index is 1160. The Morgan fingerprint density at radius 2 is 1.94 bits per heavy atom. The summed E-state index contributed by atoms with van der Waals surface area (Å²) in [7, 11) is 1.69. The number of nitriles is 1. The van der Waals surface area contributed by atoms with Gasteiger partial charge in [0.15, 0.2) is 6.61 Å². The van der Waals surface area contributed by atoms with Crippen LogP contribution in [0.5, 0.6) is 0 Å². The normalized spacial score (nSPS) is 10.4. The van der Waals surface area contributed by atoms with Crippen molar-refractivity contribution in [3.63, 3.8) is 0 Å². The Balaban J connectivity index is 1.78. The zero-order chi connectivity index (χ0) is 22.5. The topological polar surface area (TPSA) is 109 Å². The van der Waals surface area contributed by atoms with Gasteiger partial charge in [-0.3, -0.25) is 4.79 Å². The van der Waals surface area contributed by atoms with Crippen LogP contribution in [0, 0.1) is 32.1 Å². The van der Waals surface area contributed by atoms with Crippen LogP contribution in [0.3, 0.4) is 0 Å². The molecule has 0 atom stereocenters. The largest absolute Gasteiger partial charge is 0.452 e. The first-order valence-electron chi connectivity index (χ1n) is 9.62. The van der Waals surface area contributed by atoms with E-state index in [9.17, 15) is 14.9 Å². The van der Waals surface area contributed by atoms with Gasteiger partial charge in [-0.25, -0.2) is 4.79 Å². The summed E-state index contributed by atoms with van der Waals surface area (Å²) in [6.07, 6.45) is 0. The van der Waals surface area contributed by atoms with Crippen LogP contribution in [0.4, 0.5) is 10.8 Å². The molecule has 9 heteroatoms. The highest BCUT2D eigenvalue weighted by molar-refractivity contribution is 7.10. The average molecular weight is 438 g/mol. The van der Waals surface area contributed by atoms with Crippen LogP contribution in [0.2, 0.25) is 0 Å². The quantitative estimate of drug-likeness (QED) is 0.547. The lowest BCUT2D eigenvalue weighted by Gasteiger charge is -2.13. The molecule has 3 aromatic rings. The van der Waals surface area contributed by atoms with E-state index in [0.29, 0.717) is 34.2 Å². The molecule has 0 saturated heterocycles. The van der Waals surface area contributed by atoms with Gasteiger partial charge in [0.2, 0.25) is 0 Å². The van der Waals surface area contributed by atoms with E-state index in [1.54, 1.807) is 14.0 Å². The number of nitrogens with one attached hydrogen (secondary N) is 2. The second kappa shape index (κ2) is 9.45. The Hall–Kier alpha value is -3.64. The van der Waals surface area contributed by atoms with E-state index in [1.807, 2.05) is 48.7 Å². The molecule has 160 valence electrons. The number of esters is 1. The molecule has 0 radical (unpaired) electrons. The summed E-state index contributed by atoms with van der Waals surface area (Å²) in [5.41, 5.74) is 3.96. The average Bonchev–Trinajstić information content (AvgIpc) is 3.25. The Morgan fingerprint density at radius 1 is 1.23 bits per heavy atom. The first kappa shape index (κ1) is 22.1. The van der Waals surface area contributed by atoms with Crippen molar-refractivity contribution in [1.29, 1.82) is 5.26 Å². The monoisotopic (exact) mass is 437 g/mol. The molecule has 8 nitrogen and oxygen atoms in total. The van der Waals surface area contributed by atoms with E-state index in [1.165, 1.54) is 0 Å². The van der Waals surface area contributed by atoms with E-state index >= 15 is 0 Å². The fraction of sp³-hybridized carbons (Fsp3) is 0.273. The molecule has 0 spiro atoms. The summed E-state index contributed by atoms with van der Waals surface area (Å²) >= 11 is 1.15. The van der Waals surface area contributed by atoms with Gasteiger partial charge < -0.3 is 19.9 Å². The smallest absolute Gasteiger partial charge is 0.343 e. The van der Waals surface area contributed by atoms with E-state index in [2.05, 4.69) is 21.1 Å². The second-order valence-corrected chi connectivity index (χ2v) is 7.74. The lowest BCUT2D eigenvalue weighted by atomic mass is 10.2. The molecule has 0 bridgehead atoms. The van der Waals surface area contributed by atoms with Crippen LogP contribution in [-0.4, -0.2) is 34.5 Å². The molecule has 2 N–H and O–H groups in total. The van der Waals surface area contributed by atoms with Gasteiger partial charge in [-0.05, 0) is 43.4 Å². The molecule has 2 heterocycles. The summed E-state index contributed by atoms with van der Waals surface area (Å²) in [6, 6.07) is 11.9. The van der Waals surface area contributed by atoms with Gasteiger partial charge in [0.25, 0.3) is 5.91 Å². The number of anilines is 2. The molecule has 0 aliphatic carbocycles. The third-order valence-electron chi connectivity index (χ3n) is 5.01. The van der Waals surface area contributed by atoms with Gasteiger partial charge in [0, 0.05) is 19.3 Å². The zero-order valence-electron chi connectivity index (χ0n) is 17.8. The summed E-state index contributed by atoms with van der Waals surface area (Å²) in [5, 5.41) is 15.9. The zero-order valence-corrected chi connectivity index (χ0v) is 18.6. The SMILES string of the molecule is CNc1snc(C)c1C(=O)OCC(=O)Nc1c(C#N)c(C)c(C)n1Cc1ccccc1. The number of carbonyl (C=O) groups excluding carboxylic acids is 2. The maximum atomic E-state index is 12.6. The number of aromatic nitrogens is 2. The van der Waals surface area contributed by atoms with Crippen LogP contribution in [-0.2, 0) is 16.1 Å². The Morgan fingerprint density at radius 3 is 2.58 bits per heavy atom. The lowest BCUT2D eigenvalue weighted by Crippen LogP contribution is -2.23. The van der Waals surface area contributed by atoms with E-state index in [4.69, 9.17) is 4.74 Å². The summed E-state index contributed by atoms with van der Waals surface area (Å²) < 4.78 is 11.2. The summed E-state index contributed by atoms with van der Waals surface area (Å²) in [4.78, 5) is 25.0. The molecule has 0 unspecified atom stereocenters. The number of carbonyl (C=O) groups is 2. The maximum absolute atomic E-state index is 12.6. The van der Waals surface area contributed by atoms with Gasteiger partial charge in [0.1, 0.15) is 22.5 Å². The van der Waals surface area contributed by atoms with Crippen molar-refractivity contribution >= 4 is 34.2 Å². The van der Waals surface area contributed by atoms with E-state index in [0.717, 1.165) is 28.4 Å². The molecule has 0 fully saturated rings. The third-order valence-corrected chi connectivity index (χ3v) is 5.97. The fourth-order valence-electron chi connectivity index (χ4n) is 3.25. The van der Waals surface area contributed by atoms with Gasteiger partial charge >= 0.3 is 5.97 Å². The molecular formula is C22H23N5O3S. The standard InChI is InChI=1S/C22H23N5O3S/c1-13-15(3)27(11-16-8-6-5-7-9-16)20(17(13)10-23)25-18(28)12-30-22(29)19-14(2)26-31-21(19)24-4/h5-9,24H,11-12H2,1-4H3,(H,25,28). The number of hydrogen-bond acceptors (Lipinski definition) is 7. The van der Waals surface area contributed by atoms with Gasteiger partial charge in [-0.2, -0.15) is 9.64 Å². The fourth-order valence-corrected chi connectivity index (χ4v) is 3.98. The first-order valence-corrected chi connectivity index (χ1v) is 10.4. The highest BCUT2D eigenvalue weighted by Crippen LogP contribution is 2.28. The molecule has 2 aromatic heterocycles. The molecule has 1 amide bonds. The van der Waals surface area contributed by atoms with Crippen LogP contribution in [0.15, 0.2) is 30.3 Å². The molecule has 31 heavy (non-hydrogen) atoms. The van der Waals surface area contributed by atoms with Crippen molar-refractivity contribution in [3.05, 3.63) is 64.0 Å². The van der Waals surface area contributed by atoms with Crippen molar-refractivity contribution in [3.8, 4) is 6.07 Å². The third kappa shape index (κ3) is 4.59. The van der Waals surface area contributed by atoms with Crippen molar-refractivity contribution in [2.24, 2.45) is 0 Å². The number of benzene rings is 1. The second-order valence-electron chi connectivity index (χ2n) is 6.96. The minimum atomic E-state index is -0.627. The number of ether oxygens (including phenoxy) is 1. The minimum absolute atomic E-state index is 0.317. The molecule has 0 saturated carbocycles. The lowest BCUT2D eigenvalue weighted by molar-refractivity contribution is -0.119. The molecule has 0 aliphatic heterocycles. The summed E-state index contributed by atoms with van der Waals surface area (Å²) in [6.45, 7) is 5.47. The summed E-state index contributed by atoms with van der Waals surface area (Å²) in [5.74, 6) is -0.756. The number of hydrogen-bond donors (Lipinski definition) is 2. The van der Waals surface area contributed by atoms with Gasteiger partial charge in [0.05, 0.1) is 11.3 Å².